The summed E-state index contributed by atoms with van der Waals surface area (Å²) in [6, 6.07) is 12.0. The minimum atomic E-state index is -0.242. The molecule has 0 saturated carbocycles. The van der Waals surface area contributed by atoms with E-state index in [1.165, 1.54) is 12.1 Å². The number of hydrogen-bond acceptors (Lipinski definition) is 4. The number of pyridine rings is 1. The van der Waals surface area contributed by atoms with E-state index in [0.717, 1.165) is 27.1 Å². The summed E-state index contributed by atoms with van der Waals surface area (Å²) in [4.78, 5) is 9.83. The van der Waals surface area contributed by atoms with Crippen LogP contribution in [0.5, 0.6) is 0 Å². The molecule has 3 aromatic rings. The van der Waals surface area contributed by atoms with Crippen LogP contribution in [0.3, 0.4) is 0 Å². The second-order valence-corrected chi connectivity index (χ2v) is 5.47. The van der Waals surface area contributed by atoms with Gasteiger partial charge in [-0.05, 0) is 43.3 Å². The number of benzene rings is 1. The number of aromatic nitrogens is 2. The molecule has 0 radical (unpaired) electrons. The van der Waals surface area contributed by atoms with Crippen LogP contribution >= 0.6 is 11.3 Å². The zero-order chi connectivity index (χ0) is 13.9. The van der Waals surface area contributed by atoms with Crippen molar-refractivity contribution in [3.8, 4) is 11.3 Å². The third-order valence-corrected chi connectivity index (χ3v) is 3.70. The Morgan fingerprint density at radius 1 is 1.10 bits per heavy atom. The Labute approximate surface area is 120 Å². The molecule has 20 heavy (non-hydrogen) atoms. The molecule has 0 aliphatic heterocycles. The first kappa shape index (κ1) is 12.7. The Hall–Kier alpha value is -2.27. The van der Waals surface area contributed by atoms with Crippen molar-refractivity contribution in [1.29, 1.82) is 0 Å². The molecule has 2 aromatic heterocycles. The number of rotatable bonds is 3. The van der Waals surface area contributed by atoms with Crippen LogP contribution in [0, 0.1) is 12.7 Å². The highest BCUT2D eigenvalue weighted by Gasteiger charge is 2.10. The number of aryl methyl sites for hydroxylation is 1. The lowest BCUT2D eigenvalue weighted by Crippen LogP contribution is -1.91. The monoisotopic (exact) mass is 285 g/mol. The van der Waals surface area contributed by atoms with Gasteiger partial charge in [-0.3, -0.25) is 0 Å². The maximum atomic E-state index is 13.0. The maximum Gasteiger partial charge on any atom is 0.189 e. The van der Waals surface area contributed by atoms with Crippen molar-refractivity contribution >= 4 is 22.3 Å². The van der Waals surface area contributed by atoms with Crippen molar-refractivity contribution in [3.63, 3.8) is 0 Å². The molecule has 3 nitrogen and oxygen atoms in total. The number of thiazole rings is 1. The van der Waals surface area contributed by atoms with E-state index in [1.54, 1.807) is 29.7 Å². The van der Waals surface area contributed by atoms with E-state index in [1.807, 2.05) is 25.1 Å². The first-order valence-electron chi connectivity index (χ1n) is 6.14. The van der Waals surface area contributed by atoms with Crippen molar-refractivity contribution in [2.45, 2.75) is 6.92 Å². The smallest absolute Gasteiger partial charge is 0.189 e. The molecular formula is C15H12FN3S. The second-order valence-electron chi connectivity index (χ2n) is 4.27. The van der Waals surface area contributed by atoms with Crippen molar-refractivity contribution in [2.75, 3.05) is 5.32 Å². The first-order chi connectivity index (χ1) is 9.72. The standard InChI is InChI=1S/C15H12FN3S/c1-10-14(11-5-7-12(16)8-6-11)19-15(20-10)18-13-4-2-3-9-17-13/h2-9H,1H3,(H,17,18,19). The first-order valence-corrected chi connectivity index (χ1v) is 6.95. The Kier molecular flexibility index (Phi) is 3.43. The van der Waals surface area contributed by atoms with E-state index in [4.69, 9.17) is 0 Å². The summed E-state index contributed by atoms with van der Waals surface area (Å²) in [7, 11) is 0. The number of nitrogens with zero attached hydrogens (tertiary/aromatic N) is 2. The highest BCUT2D eigenvalue weighted by Crippen LogP contribution is 2.31. The van der Waals surface area contributed by atoms with Crippen LogP contribution in [-0.2, 0) is 0 Å². The molecule has 0 amide bonds. The average Bonchev–Trinajstić information content (AvgIpc) is 2.81. The second kappa shape index (κ2) is 5.38. The number of hydrogen-bond donors (Lipinski definition) is 1. The fraction of sp³-hybridized carbons (Fsp3) is 0.0667. The van der Waals surface area contributed by atoms with Crippen LogP contribution < -0.4 is 5.32 Å². The van der Waals surface area contributed by atoms with Gasteiger partial charge in [0.2, 0.25) is 0 Å². The molecule has 3 rings (SSSR count). The van der Waals surface area contributed by atoms with Gasteiger partial charge in [-0.15, -0.1) is 11.3 Å². The van der Waals surface area contributed by atoms with Gasteiger partial charge in [-0.25, -0.2) is 14.4 Å². The van der Waals surface area contributed by atoms with Gasteiger partial charge in [-0.1, -0.05) is 6.07 Å². The molecule has 0 aliphatic carbocycles. The van der Waals surface area contributed by atoms with Crippen LogP contribution in [-0.4, -0.2) is 9.97 Å². The predicted molar refractivity (Wildman–Crippen MR) is 79.8 cm³/mol. The van der Waals surface area contributed by atoms with Gasteiger partial charge in [0.15, 0.2) is 5.13 Å². The van der Waals surface area contributed by atoms with E-state index in [0.29, 0.717) is 0 Å². The summed E-state index contributed by atoms with van der Waals surface area (Å²) < 4.78 is 13.0. The average molecular weight is 285 g/mol. The van der Waals surface area contributed by atoms with Crippen LogP contribution in [0.1, 0.15) is 4.88 Å². The summed E-state index contributed by atoms with van der Waals surface area (Å²) in [6.45, 7) is 2.00. The quantitative estimate of drug-likeness (QED) is 0.775. The van der Waals surface area contributed by atoms with Crippen LogP contribution in [0.25, 0.3) is 11.3 Å². The minimum absolute atomic E-state index is 0.242. The molecule has 0 atom stereocenters. The van der Waals surface area contributed by atoms with Gasteiger partial charge in [0.1, 0.15) is 11.6 Å². The van der Waals surface area contributed by atoms with Gasteiger partial charge in [0.05, 0.1) is 5.69 Å². The van der Waals surface area contributed by atoms with Gasteiger partial charge in [0.25, 0.3) is 0 Å². The summed E-state index contributed by atoms with van der Waals surface area (Å²) in [6.07, 6.45) is 1.73. The van der Waals surface area contributed by atoms with Crippen molar-refractivity contribution in [1.82, 2.24) is 9.97 Å². The topological polar surface area (TPSA) is 37.8 Å². The lowest BCUT2D eigenvalue weighted by molar-refractivity contribution is 0.628. The fourth-order valence-corrected chi connectivity index (χ4v) is 2.71. The van der Waals surface area contributed by atoms with E-state index in [-0.39, 0.29) is 5.82 Å². The molecule has 2 heterocycles. The molecule has 1 N–H and O–H groups in total. The van der Waals surface area contributed by atoms with Crippen molar-refractivity contribution in [3.05, 3.63) is 59.4 Å². The predicted octanol–water partition coefficient (Wildman–Crippen LogP) is 4.40. The molecule has 100 valence electrons. The van der Waals surface area contributed by atoms with Crippen LogP contribution in [0.4, 0.5) is 15.3 Å². The van der Waals surface area contributed by atoms with E-state index in [9.17, 15) is 4.39 Å². The zero-order valence-electron chi connectivity index (χ0n) is 10.8. The van der Waals surface area contributed by atoms with Gasteiger partial charge in [-0.2, -0.15) is 0 Å². The molecule has 0 fully saturated rings. The summed E-state index contributed by atoms with van der Waals surface area (Å²) in [5.41, 5.74) is 1.78. The SMILES string of the molecule is Cc1sc(Nc2ccccn2)nc1-c1ccc(F)cc1. The Balaban J connectivity index is 1.89. The highest BCUT2D eigenvalue weighted by molar-refractivity contribution is 7.16. The van der Waals surface area contributed by atoms with Gasteiger partial charge >= 0.3 is 0 Å². The molecule has 0 bridgehead atoms. The lowest BCUT2D eigenvalue weighted by Gasteiger charge is -2.00. The van der Waals surface area contributed by atoms with E-state index in [2.05, 4.69) is 15.3 Å². The highest BCUT2D eigenvalue weighted by atomic mass is 32.1. The van der Waals surface area contributed by atoms with Crippen molar-refractivity contribution < 1.29 is 4.39 Å². The van der Waals surface area contributed by atoms with E-state index >= 15 is 0 Å². The minimum Gasteiger partial charge on any atom is -0.316 e. The lowest BCUT2D eigenvalue weighted by atomic mass is 10.1. The zero-order valence-corrected chi connectivity index (χ0v) is 11.6. The fourth-order valence-electron chi connectivity index (χ4n) is 1.87. The van der Waals surface area contributed by atoms with Gasteiger partial charge < -0.3 is 5.32 Å². The normalized spacial score (nSPS) is 10.5. The Bertz CT molecular complexity index is 708. The Morgan fingerprint density at radius 2 is 1.90 bits per heavy atom. The molecule has 0 saturated heterocycles. The summed E-state index contributed by atoms with van der Waals surface area (Å²) in [5, 5.41) is 3.95. The third kappa shape index (κ3) is 2.67. The largest absolute Gasteiger partial charge is 0.316 e. The van der Waals surface area contributed by atoms with Gasteiger partial charge in [0, 0.05) is 16.6 Å². The number of anilines is 2. The molecule has 1 aromatic carbocycles. The maximum absolute atomic E-state index is 13.0. The molecule has 0 spiro atoms. The molecule has 0 unspecified atom stereocenters. The van der Waals surface area contributed by atoms with Crippen LogP contribution in [0.2, 0.25) is 0 Å². The molecule has 5 heteroatoms. The molecule has 0 aliphatic rings. The Morgan fingerprint density at radius 3 is 2.60 bits per heavy atom. The summed E-state index contributed by atoms with van der Waals surface area (Å²) in [5.74, 6) is 0.514. The van der Waals surface area contributed by atoms with Crippen LogP contribution in [0.15, 0.2) is 48.7 Å². The van der Waals surface area contributed by atoms with Crippen molar-refractivity contribution in [2.24, 2.45) is 0 Å². The molecular weight excluding hydrogens is 273 g/mol. The van der Waals surface area contributed by atoms with E-state index < -0.39 is 0 Å². The number of halogens is 1. The summed E-state index contributed by atoms with van der Waals surface area (Å²) >= 11 is 1.55. The number of nitrogens with one attached hydrogen (secondary N) is 1. The third-order valence-electron chi connectivity index (χ3n) is 2.81.